The third kappa shape index (κ3) is 5.70. The Bertz CT molecular complexity index is 947. The highest BCUT2D eigenvalue weighted by atomic mass is 35.5. The molecule has 2 amide bonds. The molecular weight excluding hydrogens is 449 g/mol. The van der Waals surface area contributed by atoms with E-state index in [4.69, 9.17) is 27.9 Å². The van der Waals surface area contributed by atoms with Gasteiger partial charge in [0.1, 0.15) is 0 Å². The minimum atomic E-state index is -0.478. The molecule has 32 heavy (non-hydrogen) atoms. The Morgan fingerprint density at radius 3 is 1.84 bits per heavy atom. The van der Waals surface area contributed by atoms with E-state index in [0.29, 0.717) is 17.9 Å². The monoisotopic (exact) mass is 475 g/mol. The first-order valence-electron chi connectivity index (χ1n) is 11.1. The van der Waals surface area contributed by atoms with Crippen LogP contribution in [0.25, 0.3) is 0 Å². The molecular formula is C25H27Cl2NO4. The van der Waals surface area contributed by atoms with Crippen LogP contribution < -0.4 is 4.90 Å². The quantitative estimate of drug-likeness (QED) is 0.197. The molecule has 1 heterocycles. The normalized spacial score (nSPS) is 12.9. The number of halogens is 2. The highest BCUT2D eigenvalue weighted by Crippen LogP contribution is 2.34. The molecule has 0 bridgehead atoms. The first-order valence-corrected chi connectivity index (χ1v) is 11.8. The van der Waals surface area contributed by atoms with E-state index in [1.54, 1.807) is 24.3 Å². The van der Waals surface area contributed by atoms with Gasteiger partial charge in [-0.05, 0) is 42.8 Å². The van der Waals surface area contributed by atoms with E-state index < -0.39 is 17.8 Å². The lowest BCUT2D eigenvalue weighted by molar-refractivity contribution is 0.0497. The van der Waals surface area contributed by atoms with Gasteiger partial charge in [0.15, 0.2) is 0 Å². The Hall–Kier alpha value is -2.37. The van der Waals surface area contributed by atoms with Crippen LogP contribution in [-0.4, -0.2) is 24.4 Å². The molecule has 3 rings (SSSR count). The third-order valence-electron chi connectivity index (χ3n) is 5.52. The SMILES string of the molecule is CCCCCCCCCCOC(=O)c1ccc(N2C(=O)c3cc(Cl)c(Cl)cc3C2=O)cc1. The Kier molecular flexibility index (Phi) is 8.71. The van der Waals surface area contributed by atoms with Gasteiger partial charge < -0.3 is 4.74 Å². The highest BCUT2D eigenvalue weighted by molar-refractivity contribution is 6.44. The number of fused-ring (bicyclic) bond motifs is 1. The van der Waals surface area contributed by atoms with Crippen molar-refractivity contribution in [2.45, 2.75) is 58.3 Å². The molecule has 1 aliphatic heterocycles. The molecule has 0 N–H and O–H groups in total. The van der Waals surface area contributed by atoms with Crippen LogP contribution in [0.5, 0.6) is 0 Å². The Labute approximate surface area is 198 Å². The minimum absolute atomic E-state index is 0.207. The summed E-state index contributed by atoms with van der Waals surface area (Å²) in [5.41, 5.74) is 1.15. The van der Waals surface area contributed by atoms with Crippen molar-refractivity contribution in [3.63, 3.8) is 0 Å². The predicted molar refractivity (Wildman–Crippen MR) is 127 cm³/mol. The molecule has 0 radical (unpaired) electrons. The van der Waals surface area contributed by atoms with Gasteiger partial charge in [-0.2, -0.15) is 0 Å². The number of carbonyl (C=O) groups is 3. The number of ether oxygens (including phenoxy) is 1. The molecule has 170 valence electrons. The second kappa shape index (κ2) is 11.5. The van der Waals surface area contributed by atoms with Crippen LogP contribution in [0.3, 0.4) is 0 Å². The van der Waals surface area contributed by atoms with Crippen molar-refractivity contribution in [3.8, 4) is 0 Å². The van der Waals surface area contributed by atoms with E-state index in [1.165, 1.54) is 44.2 Å². The van der Waals surface area contributed by atoms with Crippen LogP contribution in [0.2, 0.25) is 10.0 Å². The Morgan fingerprint density at radius 2 is 1.31 bits per heavy atom. The van der Waals surface area contributed by atoms with Gasteiger partial charge >= 0.3 is 5.97 Å². The molecule has 0 atom stereocenters. The summed E-state index contributed by atoms with van der Waals surface area (Å²) in [5.74, 6) is -1.37. The van der Waals surface area contributed by atoms with Gasteiger partial charge in [-0.15, -0.1) is 0 Å². The van der Waals surface area contributed by atoms with Crippen molar-refractivity contribution in [2.75, 3.05) is 11.5 Å². The van der Waals surface area contributed by atoms with Crippen LogP contribution in [0.4, 0.5) is 5.69 Å². The molecule has 2 aromatic rings. The fraction of sp³-hybridized carbons (Fsp3) is 0.400. The predicted octanol–water partition coefficient (Wildman–Crippen LogP) is 7.09. The Morgan fingerprint density at radius 1 is 0.812 bits per heavy atom. The lowest BCUT2D eigenvalue weighted by Gasteiger charge is -2.14. The number of anilines is 1. The largest absolute Gasteiger partial charge is 0.462 e. The van der Waals surface area contributed by atoms with Crippen LogP contribution in [0, 0.1) is 0 Å². The molecule has 1 aliphatic rings. The van der Waals surface area contributed by atoms with Crippen molar-refractivity contribution in [1.82, 2.24) is 0 Å². The van der Waals surface area contributed by atoms with Crippen molar-refractivity contribution in [1.29, 1.82) is 0 Å². The van der Waals surface area contributed by atoms with Gasteiger partial charge in [-0.3, -0.25) is 9.59 Å². The number of carbonyl (C=O) groups excluding carboxylic acids is 3. The molecule has 5 nitrogen and oxygen atoms in total. The van der Waals surface area contributed by atoms with Gasteiger partial charge in [-0.1, -0.05) is 75.1 Å². The zero-order valence-electron chi connectivity index (χ0n) is 18.2. The molecule has 0 fully saturated rings. The van der Waals surface area contributed by atoms with Crippen molar-refractivity contribution < 1.29 is 19.1 Å². The number of unbranched alkanes of at least 4 members (excludes halogenated alkanes) is 7. The zero-order valence-corrected chi connectivity index (χ0v) is 19.7. The molecule has 0 aromatic heterocycles. The number of hydrogen-bond acceptors (Lipinski definition) is 4. The number of imide groups is 1. The molecule has 0 saturated carbocycles. The van der Waals surface area contributed by atoms with Gasteiger partial charge in [0.2, 0.25) is 0 Å². The average Bonchev–Trinajstić information content (AvgIpc) is 3.02. The number of amides is 2. The lowest BCUT2D eigenvalue weighted by Crippen LogP contribution is -2.29. The summed E-state index contributed by atoms with van der Waals surface area (Å²) in [7, 11) is 0. The maximum absolute atomic E-state index is 12.7. The summed E-state index contributed by atoms with van der Waals surface area (Å²) in [4.78, 5) is 38.7. The summed E-state index contributed by atoms with van der Waals surface area (Å²) >= 11 is 12.0. The van der Waals surface area contributed by atoms with Gasteiger partial charge in [0, 0.05) is 0 Å². The summed E-state index contributed by atoms with van der Waals surface area (Å²) in [6.07, 6.45) is 9.39. The van der Waals surface area contributed by atoms with Gasteiger partial charge in [0.25, 0.3) is 11.8 Å². The lowest BCUT2D eigenvalue weighted by atomic mass is 10.1. The number of rotatable bonds is 11. The number of esters is 1. The maximum atomic E-state index is 12.7. The molecule has 0 saturated heterocycles. The van der Waals surface area contributed by atoms with Crippen molar-refractivity contribution in [2.24, 2.45) is 0 Å². The maximum Gasteiger partial charge on any atom is 0.338 e. The molecule has 0 aliphatic carbocycles. The summed E-state index contributed by atoms with van der Waals surface area (Å²) in [5, 5.41) is 0.422. The Balaban J connectivity index is 1.50. The van der Waals surface area contributed by atoms with E-state index in [0.717, 1.165) is 24.2 Å². The van der Waals surface area contributed by atoms with Crippen LogP contribution in [0.1, 0.15) is 89.4 Å². The van der Waals surface area contributed by atoms with E-state index in [1.807, 2.05) is 0 Å². The summed E-state index contributed by atoms with van der Waals surface area (Å²) in [6, 6.07) is 9.01. The topological polar surface area (TPSA) is 63.7 Å². The number of nitrogens with zero attached hydrogens (tertiary/aromatic N) is 1. The highest BCUT2D eigenvalue weighted by Gasteiger charge is 2.37. The van der Waals surface area contributed by atoms with E-state index in [2.05, 4.69) is 6.92 Å². The standard InChI is InChI=1S/C25H27Cl2NO4/c1-2-3-4-5-6-7-8-9-14-32-25(31)17-10-12-18(13-11-17)28-23(29)19-15-21(26)22(27)16-20(19)24(28)30/h10-13,15-16H,2-9,14H2,1H3. The molecule has 7 heteroatoms. The second-order valence-electron chi connectivity index (χ2n) is 7.92. The second-order valence-corrected chi connectivity index (χ2v) is 8.73. The molecule has 2 aromatic carbocycles. The van der Waals surface area contributed by atoms with Crippen molar-refractivity contribution >= 4 is 46.7 Å². The smallest absolute Gasteiger partial charge is 0.338 e. The minimum Gasteiger partial charge on any atom is -0.462 e. The summed E-state index contributed by atoms with van der Waals surface area (Å²) < 4.78 is 5.34. The molecule has 0 unspecified atom stereocenters. The average molecular weight is 476 g/mol. The summed E-state index contributed by atoms with van der Waals surface area (Å²) in [6.45, 7) is 2.59. The van der Waals surface area contributed by atoms with Gasteiger partial charge in [0.05, 0.1) is 39.0 Å². The fourth-order valence-electron chi connectivity index (χ4n) is 3.70. The van der Waals surface area contributed by atoms with Crippen LogP contribution >= 0.6 is 23.2 Å². The molecule has 0 spiro atoms. The van der Waals surface area contributed by atoms with Crippen LogP contribution in [-0.2, 0) is 4.74 Å². The van der Waals surface area contributed by atoms with Crippen molar-refractivity contribution in [3.05, 3.63) is 63.1 Å². The van der Waals surface area contributed by atoms with Gasteiger partial charge in [-0.25, -0.2) is 9.69 Å². The third-order valence-corrected chi connectivity index (χ3v) is 6.24. The number of benzene rings is 2. The zero-order chi connectivity index (χ0) is 23.1. The van der Waals surface area contributed by atoms with Crippen LogP contribution in [0.15, 0.2) is 36.4 Å². The van der Waals surface area contributed by atoms with E-state index in [9.17, 15) is 14.4 Å². The first-order chi connectivity index (χ1) is 15.4. The van der Waals surface area contributed by atoms with E-state index in [-0.39, 0.29) is 21.2 Å². The first kappa shape index (κ1) is 24.3. The van der Waals surface area contributed by atoms with E-state index >= 15 is 0 Å². The fourth-order valence-corrected chi connectivity index (χ4v) is 4.03. The number of hydrogen-bond donors (Lipinski definition) is 0.